The van der Waals surface area contributed by atoms with Gasteiger partial charge in [-0.05, 0) is 6.42 Å². The van der Waals surface area contributed by atoms with Crippen LogP contribution in [0.2, 0.25) is 6.04 Å². The first-order valence-corrected chi connectivity index (χ1v) is 7.05. The Morgan fingerprint density at radius 1 is 1.33 bits per heavy atom. The maximum absolute atomic E-state index is 5.78. The molecule has 0 radical (unpaired) electrons. The molecule has 2 unspecified atom stereocenters. The summed E-state index contributed by atoms with van der Waals surface area (Å²) in [6, 6.07) is 0.694. The van der Waals surface area contributed by atoms with E-state index in [0.717, 1.165) is 13.0 Å². The fourth-order valence-electron chi connectivity index (χ4n) is 1.36. The monoisotopic (exact) mass is 236 g/mol. The normalized spacial score (nSPS) is 22.8. The van der Waals surface area contributed by atoms with Crippen LogP contribution in [0, 0.1) is 0 Å². The molecule has 1 saturated heterocycles. The lowest BCUT2D eigenvalue weighted by atomic mass is 10.5. The van der Waals surface area contributed by atoms with Crippen molar-refractivity contribution in [2.24, 2.45) is 0 Å². The Morgan fingerprint density at radius 3 is 2.27 bits per heavy atom. The van der Waals surface area contributed by atoms with Gasteiger partial charge in [-0.2, -0.15) is 0 Å². The van der Waals surface area contributed by atoms with Crippen LogP contribution in [0.25, 0.3) is 0 Å². The van der Waals surface area contributed by atoms with Crippen LogP contribution in [0.15, 0.2) is 0 Å². The summed E-state index contributed by atoms with van der Waals surface area (Å²) in [5.74, 6) is 0. The van der Waals surface area contributed by atoms with Crippen LogP contribution in [-0.2, 0) is 22.8 Å². The lowest BCUT2D eigenvalue weighted by Crippen LogP contribution is -2.48. The standard InChI is InChI=1S/C9H20O5Si/c1-5-9(10-2)14-15(11-3,12-4)7-8-6-13-8/h8-9H,5-7H2,1-4H3. The van der Waals surface area contributed by atoms with Gasteiger partial charge in [0.25, 0.3) is 0 Å². The van der Waals surface area contributed by atoms with Crippen molar-refractivity contribution in [1.82, 2.24) is 0 Å². The van der Waals surface area contributed by atoms with Crippen LogP contribution in [0.5, 0.6) is 0 Å². The summed E-state index contributed by atoms with van der Waals surface area (Å²) in [5, 5.41) is 0. The van der Waals surface area contributed by atoms with E-state index in [1.165, 1.54) is 0 Å². The van der Waals surface area contributed by atoms with Gasteiger partial charge in [0.15, 0.2) is 6.29 Å². The molecule has 1 aliphatic heterocycles. The number of hydrogen-bond acceptors (Lipinski definition) is 5. The van der Waals surface area contributed by atoms with E-state index in [0.29, 0.717) is 6.04 Å². The molecule has 1 heterocycles. The average molecular weight is 236 g/mol. The molecule has 0 aliphatic carbocycles. The fraction of sp³-hybridized carbons (Fsp3) is 1.00. The van der Waals surface area contributed by atoms with Gasteiger partial charge in [0.1, 0.15) is 0 Å². The van der Waals surface area contributed by atoms with E-state index in [1.54, 1.807) is 21.3 Å². The highest BCUT2D eigenvalue weighted by atomic mass is 28.4. The summed E-state index contributed by atoms with van der Waals surface area (Å²) in [4.78, 5) is 0. The summed E-state index contributed by atoms with van der Waals surface area (Å²) in [5.41, 5.74) is 0. The van der Waals surface area contributed by atoms with Crippen LogP contribution in [0.1, 0.15) is 13.3 Å². The van der Waals surface area contributed by atoms with Gasteiger partial charge in [-0.1, -0.05) is 6.92 Å². The molecule has 2 atom stereocenters. The van der Waals surface area contributed by atoms with Crippen molar-refractivity contribution in [2.45, 2.75) is 31.8 Å². The zero-order valence-electron chi connectivity index (χ0n) is 9.82. The predicted molar refractivity (Wildman–Crippen MR) is 56.5 cm³/mol. The zero-order valence-corrected chi connectivity index (χ0v) is 10.8. The van der Waals surface area contributed by atoms with Crippen LogP contribution in [0.3, 0.4) is 0 Å². The maximum Gasteiger partial charge on any atom is 0.505 e. The van der Waals surface area contributed by atoms with Crippen LogP contribution in [0.4, 0.5) is 0 Å². The predicted octanol–water partition coefficient (Wildman–Crippen LogP) is 1.02. The van der Waals surface area contributed by atoms with Gasteiger partial charge >= 0.3 is 8.80 Å². The van der Waals surface area contributed by atoms with Crippen molar-refractivity contribution in [3.63, 3.8) is 0 Å². The molecule has 0 saturated carbocycles. The third kappa shape index (κ3) is 3.82. The minimum Gasteiger partial charge on any atom is -0.377 e. The van der Waals surface area contributed by atoms with Crippen LogP contribution in [-0.4, -0.2) is 49.1 Å². The Labute approximate surface area is 92.0 Å². The second-order valence-corrected chi connectivity index (χ2v) is 6.27. The van der Waals surface area contributed by atoms with Crippen molar-refractivity contribution in [1.29, 1.82) is 0 Å². The molecule has 1 aliphatic rings. The third-order valence-electron chi connectivity index (χ3n) is 2.41. The van der Waals surface area contributed by atoms with Crippen LogP contribution < -0.4 is 0 Å². The highest BCUT2D eigenvalue weighted by Crippen LogP contribution is 2.26. The molecule has 0 spiro atoms. The summed E-state index contributed by atoms with van der Waals surface area (Å²) < 4.78 is 26.9. The minimum absolute atomic E-state index is 0.228. The van der Waals surface area contributed by atoms with E-state index < -0.39 is 8.80 Å². The van der Waals surface area contributed by atoms with Crippen LogP contribution >= 0.6 is 0 Å². The molecule has 1 rings (SSSR count). The Morgan fingerprint density at radius 2 is 1.93 bits per heavy atom. The van der Waals surface area contributed by atoms with Crippen molar-refractivity contribution in [2.75, 3.05) is 27.9 Å². The molecule has 5 nitrogen and oxygen atoms in total. The van der Waals surface area contributed by atoms with E-state index >= 15 is 0 Å². The first kappa shape index (κ1) is 13.1. The highest BCUT2D eigenvalue weighted by Gasteiger charge is 2.47. The summed E-state index contributed by atoms with van der Waals surface area (Å²) in [7, 11) is 2.24. The van der Waals surface area contributed by atoms with Crippen molar-refractivity contribution >= 4 is 8.80 Å². The first-order valence-electron chi connectivity index (χ1n) is 5.12. The Bertz CT molecular complexity index is 177. The second kappa shape index (κ2) is 5.93. The van der Waals surface area contributed by atoms with Crippen molar-refractivity contribution in [3.8, 4) is 0 Å². The molecular formula is C9H20O5Si. The lowest BCUT2D eigenvalue weighted by Gasteiger charge is -2.29. The van der Waals surface area contributed by atoms with Gasteiger partial charge < -0.3 is 22.8 Å². The molecule has 0 aromatic rings. The quantitative estimate of drug-likeness (QED) is 0.358. The average Bonchev–Trinajstić information content (AvgIpc) is 3.08. The van der Waals surface area contributed by atoms with Gasteiger partial charge in [-0.25, -0.2) is 0 Å². The third-order valence-corrected chi connectivity index (χ3v) is 5.23. The van der Waals surface area contributed by atoms with Gasteiger partial charge in [0.2, 0.25) is 0 Å². The molecule has 0 aromatic carbocycles. The Kier molecular flexibility index (Phi) is 5.17. The minimum atomic E-state index is -2.60. The Balaban J connectivity index is 2.52. The van der Waals surface area contributed by atoms with E-state index in [4.69, 9.17) is 22.8 Å². The van der Waals surface area contributed by atoms with E-state index in [2.05, 4.69) is 0 Å². The van der Waals surface area contributed by atoms with Crippen molar-refractivity contribution in [3.05, 3.63) is 0 Å². The largest absolute Gasteiger partial charge is 0.505 e. The zero-order chi connectivity index (χ0) is 11.3. The number of epoxide rings is 1. The first-order chi connectivity index (χ1) is 7.19. The molecule has 6 heteroatoms. The number of ether oxygens (including phenoxy) is 2. The van der Waals surface area contributed by atoms with E-state index in [1.807, 2.05) is 6.92 Å². The molecule has 1 fully saturated rings. The van der Waals surface area contributed by atoms with Gasteiger partial charge in [-0.3, -0.25) is 0 Å². The fourth-order valence-corrected chi connectivity index (χ4v) is 3.60. The summed E-state index contributed by atoms with van der Waals surface area (Å²) in [6.07, 6.45) is 0.727. The number of methoxy groups -OCH3 is 1. The highest BCUT2D eigenvalue weighted by molar-refractivity contribution is 6.60. The van der Waals surface area contributed by atoms with E-state index in [9.17, 15) is 0 Å². The lowest BCUT2D eigenvalue weighted by molar-refractivity contribution is -0.0964. The summed E-state index contributed by atoms with van der Waals surface area (Å²) in [6.45, 7) is 2.76. The molecule has 90 valence electrons. The smallest absolute Gasteiger partial charge is 0.377 e. The van der Waals surface area contributed by atoms with Crippen molar-refractivity contribution < 1.29 is 22.8 Å². The maximum atomic E-state index is 5.78. The summed E-state index contributed by atoms with van der Waals surface area (Å²) >= 11 is 0. The molecule has 15 heavy (non-hydrogen) atoms. The number of rotatable bonds is 8. The van der Waals surface area contributed by atoms with Gasteiger partial charge in [-0.15, -0.1) is 0 Å². The SMILES string of the molecule is CCC(OC)O[Si](CC1CO1)(OC)OC. The molecule has 0 bridgehead atoms. The molecule has 0 amide bonds. The number of hydrogen-bond donors (Lipinski definition) is 0. The van der Waals surface area contributed by atoms with Gasteiger partial charge in [0, 0.05) is 27.4 Å². The second-order valence-electron chi connectivity index (χ2n) is 3.44. The Hall–Kier alpha value is 0.0169. The molecule has 0 aromatic heterocycles. The molecular weight excluding hydrogens is 216 g/mol. The topological polar surface area (TPSA) is 49.5 Å². The van der Waals surface area contributed by atoms with Gasteiger partial charge in [0.05, 0.1) is 12.7 Å². The van der Waals surface area contributed by atoms with E-state index in [-0.39, 0.29) is 12.4 Å². The molecule has 0 N–H and O–H groups in total.